The minimum Gasteiger partial charge on any atom is -0.312 e. The van der Waals surface area contributed by atoms with Crippen molar-refractivity contribution < 1.29 is 0 Å². The van der Waals surface area contributed by atoms with E-state index in [1.54, 1.807) is 0 Å². The van der Waals surface area contributed by atoms with Crippen molar-refractivity contribution in [1.29, 1.82) is 0 Å². The number of unbranched alkanes of at least 4 members (excludes halogenated alkanes) is 4. The third kappa shape index (κ3) is 5.73. The summed E-state index contributed by atoms with van der Waals surface area (Å²) in [6, 6.07) is 0.755. The molecular weight excluding hydrogens is 244 g/mol. The summed E-state index contributed by atoms with van der Waals surface area (Å²) in [6.07, 6.45) is 15.2. The van der Waals surface area contributed by atoms with Gasteiger partial charge in [-0.25, -0.2) is 0 Å². The Morgan fingerprint density at radius 2 is 1.50 bits per heavy atom. The third-order valence-corrected chi connectivity index (χ3v) is 5.27. The summed E-state index contributed by atoms with van der Waals surface area (Å²) in [4.78, 5) is 2.46. The van der Waals surface area contributed by atoms with Crippen LogP contribution in [0.2, 0.25) is 0 Å². The van der Waals surface area contributed by atoms with Gasteiger partial charge < -0.3 is 10.2 Å². The third-order valence-electron chi connectivity index (χ3n) is 5.27. The zero-order valence-electron chi connectivity index (χ0n) is 14.5. The normalized spacial score (nSPS) is 17.7. The molecule has 0 amide bonds. The number of likely N-dealkylation sites (N-methyl/N-ethyl adjacent to an activating group) is 1. The summed E-state index contributed by atoms with van der Waals surface area (Å²) >= 11 is 0. The highest BCUT2D eigenvalue weighted by atomic mass is 15.2. The van der Waals surface area contributed by atoms with Crippen molar-refractivity contribution in [3.63, 3.8) is 0 Å². The Bertz CT molecular complexity index is 224. The molecule has 2 heteroatoms. The molecule has 120 valence electrons. The van der Waals surface area contributed by atoms with E-state index < -0.39 is 0 Å². The molecule has 0 spiro atoms. The predicted molar refractivity (Wildman–Crippen MR) is 90.3 cm³/mol. The van der Waals surface area contributed by atoms with Crippen LogP contribution in [0.25, 0.3) is 0 Å². The Balaban J connectivity index is 2.33. The molecule has 0 atom stereocenters. The first-order valence-corrected chi connectivity index (χ1v) is 9.05. The van der Waals surface area contributed by atoms with Gasteiger partial charge in [-0.2, -0.15) is 0 Å². The first-order valence-electron chi connectivity index (χ1n) is 9.05. The van der Waals surface area contributed by atoms with Crippen molar-refractivity contribution in [1.82, 2.24) is 10.2 Å². The molecule has 1 saturated carbocycles. The van der Waals surface area contributed by atoms with Gasteiger partial charge in [-0.1, -0.05) is 52.4 Å². The van der Waals surface area contributed by atoms with E-state index in [4.69, 9.17) is 0 Å². The highest BCUT2D eigenvalue weighted by molar-refractivity contribution is 4.98. The second-order valence-corrected chi connectivity index (χ2v) is 7.04. The van der Waals surface area contributed by atoms with Crippen molar-refractivity contribution in [2.45, 2.75) is 96.1 Å². The number of nitrogens with one attached hydrogen (secondary N) is 1. The fraction of sp³-hybridized carbons (Fsp3) is 1.00. The molecule has 1 rings (SSSR count). The standard InChI is InChI=1S/C18H38N2/c1-5-7-9-12-17(13-10-8-6-2)19-16-18(20(3)4)14-11-15-18/h17,19H,5-16H2,1-4H3. The minimum absolute atomic E-state index is 0.466. The van der Waals surface area contributed by atoms with Crippen LogP contribution in [0.15, 0.2) is 0 Å². The van der Waals surface area contributed by atoms with Gasteiger partial charge in [0.1, 0.15) is 0 Å². The Kier molecular flexibility index (Phi) is 8.79. The maximum atomic E-state index is 3.92. The average molecular weight is 283 g/mol. The van der Waals surface area contributed by atoms with Crippen LogP contribution in [0.3, 0.4) is 0 Å². The molecule has 2 nitrogen and oxygen atoms in total. The van der Waals surface area contributed by atoms with Crippen LogP contribution in [0.5, 0.6) is 0 Å². The van der Waals surface area contributed by atoms with E-state index in [-0.39, 0.29) is 0 Å². The van der Waals surface area contributed by atoms with Gasteiger partial charge in [-0.05, 0) is 46.2 Å². The lowest BCUT2D eigenvalue weighted by molar-refractivity contribution is 0.0562. The van der Waals surface area contributed by atoms with Crippen LogP contribution in [0.4, 0.5) is 0 Å². The molecule has 0 saturated heterocycles. The predicted octanol–water partition coefficient (Wildman–Crippen LogP) is 4.59. The smallest absolute Gasteiger partial charge is 0.0328 e. The van der Waals surface area contributed by atoms with E-state index >= 15 is 0 Å². The molecule has 0 aromatic rings. The number of rotatable bonds is 12. The van der Waals surface area contributed by atoms with Gasteiger partial charge in [-0.3, -0.25) is 0 Å². The van der Waals surface area contributed by atoms with Crippen LogP contribution in [0, 0.1) is 0 Å². The molecule has 0 heterocycles. The number of nitrogens with zero attached hydrogens (tertiary/aromatic N) is 1. The zero-order chi connectivity index (χ0) is 14.8. The minimum atomic E-state index is 0.466. The van der Waals surface area contributed by atoms with E-state index in [1.807, 2.05) is 0 Å². The molecule has 1 fully saturated rings. The first kappa shape index (κ1) is 18.0. The molecule has 0 radical (unpaired) electrons. The Hall–Kier alpha value is -0.0800. The van der Waals surface area contributed by atoms with Gasteiger partial charge in [0.25, 0.3) is 0 Å². The van der Waals surface area contributed by atoms with E-state index in [1.165, 1.54) is 77.2 Å². The SMILES string of the molecule is CCCCCC(CCCCC)NCC1(N(C)C)CCC1. The summed E-state index contributed by atoms with van der Waals surface area (Å²) in [5, 5.41) is 3.92. The van der Waals surface area contributed by atoms with Gasteiger partial charge >= 0.3 is 0 Å². The van der Waals surface area contributed by atoms with E-state index in [0.717, 1.165) is 6.04 Å². The fourth-order valence-corrected chi connectivity index (χ4v) is 3.33. The quantitative estimate of drug-likeness (QED) is 0.527. The first-order chi connectivity index (χ1) is 9.64. The summed E-state index contributed by atoms with van der Waals surface area (Å²) in [7, 11) is 4.51. The Morgan fingerprint density at radius 1 is 0.950 bits per heavy atom. The van der Waals surface area contributed by atoms with Crippen LogP contribution in [-0.4, -0.2) is 37.1 Å². The summed E-state index contributed by atoms with van der Waals surface area (Å²) in [5.74, 6) is 0. The van der Waals surface area contributed by atoms with Crippen LogP contribution in [-0.2, 0) is 0 Å². The lowest BCUT2D eigenvalue weighted by Gasteiger charge is -2.48. The van der Waals surface area contributed by atoms with Crippen molar-refractivity contribution >= 4 is 0 Å². The van der Waals surface area contributed by atoms with E-state index in [9.17, 15) is 0 Å². The largest absolute Gasteiger partial charge is 0.312 e. The molecule has 0 aromatic heterocycles. The maximum Gasteiger partial charge on any atom is 0.0328 e. The molecule has 1 aliphatic carbocycles. The van der Waals surface area contributed by atoms with Crippen LogP contribution in [0.1, 0.15) is 84.5 Å². The van der Waals surface area contributed by atoms with Crippen molar-refractivity contribution in [3.05, 3.63) is 0 Å². The molecule has 20 heavy (non-hydrogen) atoms. The van der Waals surface area contributed by atoms with Crippen molar-refractivity contribution in [3.8, 4) is 0 Å². The highest BCUT2D eigenvalue weighted by Gasteiger charge is 2.38. The van der Waals surface area contributed by atoms with Crippen molar-refractivity contribution in [2.75, 3.05) is 20.6 Å². The van der Waals surface area contributed by atoms with Gasteiger partial charge in [0, 0.05) is 18.1 Å². The zero-order valence-corrected chi connectivity index (χ0v) is 14.5. The lowest BCUT2D eigenvalue weighted by atomic mass is 9.75. The lowest BCUT2D eigenvalue weighted by Crippen LogP contribution is -2.57. The van der Waals surface area contributed by atoms with Gasteiger partial charge in [0.05, 0.1) is 0 Å². The second kappa shape index (κ2) is 9.78. The van der Waals surface area contributed by atoms with Gasteiger partial charge in [-0.15, -0.1) is 0 Å². The molecule has 1 N–H and O–H groups in total. The average Bonchev–Trinajstić information content (AvgIpc) is 2.36. The molecule has 1 aliphatic rings. The van der Waals surface area contributed by atoms with Crippen LogP contribution >= 0.6 is 0 Å². The Morgan fingerprint density at radius 3 is 1.85 bits per heavy atom. The summed E-state index contributed by atoms with van der Waals surface area (Å²) < 4.78 is 0. The molecule has 0 aliphatic heterocycles. The maximum absolute atomic E-state index is 3.92. The Labute approximate surface area is 127 Å². The topological polar surface area (TPSA) is 15.3 Å². The van der Waals surface area contributed by atoms with Gasteiger partial charge in [0.15, 0.2) is 0 Å². The molecule has 0 unspecified atom stereocenters. The number of hydrogen-bond donors (Lipinski definition) is 1. The summed E-state index contributed by atoms with van der Waals surface area (Å²) in [5.41, 5.74) is 0.466. The van der Waals surface area contributed by atoms with E-state index in [2.05, 4.69) is 38.2 Å². The molecule has 0 aromatic carbocycles. The molecular formula is C18H38N2. The summed E-state index contributed by atoms with van der Waals surface area (Å²) in [6.45, 7) is 5.80. The van der Waals surface area contributed by atoms with Crippen molar-refractivity contribution in [2.24, 2.45) is 0 Å². The highest BCUT2D eigenvalue weighted by Crippen LogP contribution is 2.35. The fourth-order valence-electron chi connectivity index (χ4n) is 3.33. The number of hydrogen-bond acceptors (Lipinski definition) is 2. The molecule has 0 bridgehead atoms. The monoisotopic (exact) mass is 282 g/mol. The van der Waals surface area contributed by atoms with Crippen LogP contribution < -0.4 is 5.32 Å². The second-order valence-electron chi connectivity index (χ2n) is 7.04. The van der Waals surface area contributed by atoms with E-state index in [0.29, 0.717) is 5.54 Å². The van der Waals surface area contributed by atoms with Gasteiger partial charge in [0.2, 0.25) is 0 Å².